The number of amides is 1. The first-order chi connectivity index (χ1) is 12.7. The smallest absolute Gasteiger partial charge is 0.337 e. The first kappa shape index (κ1) is 16.0. The lowest BCUT2D eigenvalue weighted by Gasteiger charge is -2.23. The number of ether oxygens (including phenoxy) is 1. The summed E-state index contributed by atoms with van der Waals surface area (Å²) in [6.45, 7) is 0. The summed E-state index contributed by atoms with van der Waals surface area (Å²) in [6, 6.07) is 10.8. The Balaban J connectivity index is 1.73. The lowest BCUT2D eigenvalue weighted by Crippen LogP contribution is -2.25. The van der Waals surface area contributed by atoms with Gasteiger partial charge in [-0.3, -0.25) is 14.3 Å². The highest BCUT2D eigenvalue weighted by molar-refractivity contribution is 5.94. The van der Waals surface area contributed by atoms with E-state index in [0.717, 1.165) is 16.9 Å². The normalized spacial score (nSPS) is 15.9. The van der Waals surface area contributed by atoms with E-state index in [1.54, 1.807) is 30.9 Å². The van der Waals surface area contributed by atoms with Crippen LogP contribution in [0.1, 0.15) is 34.0 Å². The Morgan fingerprint density at radius 2 is 2.08 bits per heavy atom. The molecule has 0 saturated heterocycles. The van der Waals surface area contributed by atoms with E-state index in [-0.39, 0.29) is 17.8 Å². The van der Waals surface area contributed by atoms with Crippen LogP contribution < -0.4 is 5.32 Å². The highest BCUT2D eigenvalue weighted by atomic mass is 16.5. The average molecular weight is 348 g/mol. The van der Waals surface area contributed by atoms with Gasteiger partial charge in [-0.05, 0) is 29.8 Å². The third-order valence-electron chi connectivity index (χ3n) is 4.43. The van der Waals surface area contributed by atoms with E-state index in [4.69, 9.17) is 4.74 Å². The van der Waals surface area contributed by atoms with Gasteiger partial charge in [0.2, 0.25) is 5.91 Å². The number of anilines is 1. The average Bonchev–Trinajstić information content (AvgIpc) is 3.11. The van der Waals surface area contributed by atoms with Crippen LogP contribution in [-0.4, -0.2) is 33.5 Å². The van der Waals surface area contributed by atoms with E-state index in [9.17, 15) is 9.59 Å². The molecule has 7 nitrogen and oxygen atoms in total. The molecule has 0 aliphatic carbocycles. The number of imidazole rings is 1. The zero-order chi connectivity index (χ0) is 18.1. The molecule has 1 N–H and O–H groups in total. The fourth-order valence-corrected chi connectivity index (χ4v) is 3.14. The number of hydrogen-bond donors (Lipinski definition) is 1. The lowest BCUT2D eigenvalue weighted by atomic mass is 9.89. The molecule has 7 heteroatoms. The second-order valence-electron chi connectivity index (χ2n) is 5.98. The Hall–Kier alpha value is -3.48. The zero-order valence-corrected chi connectivity index (χ0v) is 14.0. The molecule has 26 heavy (non-hydrogen) atoms. The van der Waals surface area contributed by atoms with E-state index in [0.29, 0.717) is 17.8 Å². The van der Waals surface area contributed by atoms with Crippen LogP contribution in [0, 0.1) is 0 Å². The SMILES string of the molecule is COC(=O)c1ccc([C@@H]2CC(=O)Nc3c2ncn3-c2cccnc2)cc1. The summed E-state index contributed by atoms with van der Waals surface area (Å²) < 4.78 is 6.54. The maximum absolute atomic E-state index is 12.3. The summed E-state index contributed by atoms with van der Waals surface area (Å²) in [7, 11) is 1.35. The summed E-state index contributed by atoms with van der Waals surface area (Å²) in [6.07, 6.45) is 5.39. The number of nitrogens with one attached hydrogen (secondary N) is 1. The monoisotopic (exact) mass is 348 g/mol. The predicted octanol–water partition coefficient (Wildman–Crippen LogP) is 2.53. The van der Waals surface area contributed by atoms with E-state index in [1.807, 2.05) is 28.8 Å². The number of carbonyl (C=O) groups excluding carboxylic acids is 2. The molecule has 3 aromatic rings. The largest absolute Gasteiger partial charge is 0.465 e. The number of pyridine rings is 1. The van der Waals surface area contributed by atoms with E-state index < -0.39 is 0 Å². The molecule has 4 rings (SSSR count). The molecule has 3 heterocycles. The van der Waals surface area contributed by atoms with Crippen LogP contribution in [0.5, 0.6) is 0 Å². The van der Waals surface area contributed by atoms with Gasteiger partial charge < -0.3 is 10.1 Å². The van der Waals surface area contributed by atoms with Gasteiger partial charge in [-0.15, -0.1) is 0 Å². The van der Waals surface area contributed by atoms with Crippen molar-refractivity contribution in [2.75, 3.05) is 12.4 Å². The first-order valence-electron chi connectivity index (χ1n) is 8.13. The van der Waals surface area contributed by atoms with Crippen LogP contribution in [0.2, 0.25) is 0 Å². The number of esters is 1. The second-order valence-corrected chi connectivity index (χ2v) is 5.98. The second kappa shape index (κ2) is 6.44. The minimum Gasteiger partial charge on any atom is -0.465 e. The van der Waals surface area contributed by atoms with E-state index >= 15 is 0 Å². The minimum absolute atomic E-state index is 0.0785. The molecule has 1 aliphatic heterocycles. The Morgan fingerprint density at radius 3 is 2.77 bits per heavy atom. The highest BCUT2D eigenvalue weighted by Gasteiger charge is 2.31. The Morgan fingerprint density at radius 1 is 1.27 bits per heavy atom. The molecule has 1 amide bonds. The van der Waals surface area contributed by atoms with Crippen LogP contribution in [0.15, 0.2) is 55.1 Å². The van der Waals surface area contributed by atoms with Crippen LogP contribution in [0.4, 0.5) is 5.82 Å². The number of methoxy groups -OCH3 is 1. The number of hydrogen-bond acceptors (Lipinski definition) is 5. The number of aromatic nitrogens is 3. The van der Waals surface area contributed by atoms with Gasteiger partial charge in [0, 0.05) is 18.5 Å². The molecule has 0 bridgehead atoms. The highest BCUT2D eigenvalue weighted by Crippen LogP contribution is 2.37. The molecule has 130 valence electrons. The molecular formula is C19H16N4O3. The summed E-state index contributed by atoms with van der Waals surface area (Å²) in [5.41, 5.74) is 3.00. The van der Waals surface area contributed by atoms with Crippen molar-refractivity contribution in [3.63, 3.8) is 0 Å². The first-order valence-corrected chi connectivity index (χ1v) is 8.13. The molecule has 1 aromatic carbocycles. The van der Waals surface area contributed by atoms with Gasteiger partial charge in [0.15, 0.2) is 0 Å². The molecule has 0 radical (unpaired) electrons. The molecule has 2 aromatic heterocycles. The molecule has 1 atom stereocenters. The molecule has 0 spiro atoms. The quantitative estimate of drug-likeness (QED) is 0.735. The molecule has 0 saturated carbocycles. The van der Waals surface area contributed by atoms with Gasteiger partial charge in [-0.25, -0.2) is 9.78 Å². The van der Waals surface area contributed by atoms with Crippen molar-refractivity contribution >= 4 is 17.7 Å². The summed E-state index contributed by atoms with van der Waals surface area (Å²) in [5, 5.41) is 2.91. The number of benzene rings is 1. The fraction of sp³-hybridized carbons (Fsp3) is 0.158. The van der Waals surface area contributed by atoms with Crippen molar-refractivity contribution in [1.82, 2.24) is 14.5 Å². The molecular weight excluding hydrogens is 332 g/mol. The fourth-order valence-electron chi connectivity index (χ4n) is 3.14. The maximum atomic E-state index is 12.3. The number of rotatable bonds is 3. The van der Waals surface area contributed by atoms with Gasteiger partial charge >= 0.3 is 5.97 Å². The molecule has 0 unspecified atom stereocenters. The van der Waals surface area contributed by atoms with Crippen molar-refractivity contribution < 1.29 is 14.3 Å². The summed E-state index contributed by atoms with van der Waals surface area (Å²) in [4.78, 5) is 32.5. The van der Waals surface area contributed by atoms with Gasteiger partial charge in [0.05, 0.1) is 30.3 Å². The zero-order valence-electron chi connectivity index (χ0n) is 14.0. The van der Waals surface area contributed by atoms with Crippen LogP contribution >= 0.6 is 0 Å². The standard InChI is InChI=1S/C19H16N4O3/c1-26-19(25)13-6-4-12(5-7-13)15-9-16(24)22-18-17(15)21-11-23(18)14-3-2-8-20-10-14/h2-8,10-11,15H,9H2,1H3,(H,22,24)/t15-/m0/s1. The van der Waals surface area contributed by atoms with Crippen molar-refractivity contribution in [3.8, 4) is 5.69 Å². The van der Waals surface area contributed by atoms with E-state index in [2.05, 4.69) is 15.3 Å². The predicted molar refractivity (Wildman–Crippen MR) is 94.2 cm³/mol. The summed E-state index contributed by atoms with van der Waals surface area (Å²) in [5.74, 6) is 0.00401. The Kier molecular flexibility index (Phi) is 3.96. The third kappa shape index (κ3) is 2.73. The van der Waals surface area contributed by atoms with Crippen molar-refractivity contribution in [3.05, 3.63) is 71.9 Å². The topological polar surface area (TPSA) is 86.1 Å². The number of fused-ring (bicyclic) bond motifs is 1. The van der Waals surface area contributed by atoms with Gasteiger partial charge in [0.25, 0.3) is 0 Å². The third-order valence-corrected chi connectivity index (χ3v) is 4.43. The van der Waals surface area contributed by atoms with E-state index in [1.165, 1.54) is 7.11 Å². The van der Waals surface area contributed by atoms with Gasteiger partial charge in [0.1, 0.15) is 12.1 Å². The molecule has 0 fully saturated rings. The lowest BCUT2D eigenvalue weighted by molar-refractivity contribution is -0.116. The van der Waals surface area contributed by atoms with Crippen LogP contribution in [0.3, 0.4) is 0 Å². The Labute approximate surface area is 149 Å². The van der Waals surface area contributed by atoms with Crippen molar-refractivity contribution in [1.29, 1.82) is 0 Å². The Bertz CT molecular complexity index is 964. The number of carbonyl (C=O) groups is 2. The van der Waals surface area contributed by atoms with Crippen LogP contribution in [0.25, 0.3) is 5.69 Å². The molecule has 1 aliphatic rings. The van der Waals surface area contributed by atoms with Gasteiger partial charge in [-0.1, -0.05) is 12.1 Å². The summed E-state index contributed by atoms with van der Waals surface area (Å²) >= 11 is 0. The van der Waals surface area contributed by atoms with Crippen LogP contribution in [-0.2, 0) is 9.53 Å². The van der Waals surface area contributed by atoms with Gasteiger partial charge in [-0.2, -0.15) is 0 Å². The van der Waals surface area contributed by atoms with Crippen molar-refractivity contribution in [2.24, 2.45) is 0 Å². The minimum atomic E-state index is -0.389. The number of nitrogens with zero attached hydrogens (tertiary/aromatic N) is 3. The maximum Gasteiger partial charge on any atom is 0.337 e. The van der Waals surface area contributed by atoms with Crippen molar-refractivity contribution in [2.45, 2.75) is 12.3 Å².